The second-order valence-electron chi connectivity index (χ2n) is 6.21. The Kier molecular flexibility index (Phi) is 4.09. The summed E-state index contributed by atoms with van der Waals surface area (Å²) in [7, 11) is 0. The SMILES string of the molecule is O=C1[N]c2ccc(Cl)cc2N1N1CCC(c2cccc(F)c2F)CC1. The molecule has 0 atom stereocenters. The molecule has 2 aliphatic heterocycles. The van der Waals surface area contributed by atoms with E-state index < -0.39 is 11.6 Å². The molecule has 0 aliphatic carbocycles. The highest BCUT2D eigenvalue weighted by molar-refractivity contribution is 6.31. The molecule has 0 bridgehead atoms. The highest BCUT2D eigenvalue weighted by Gasteiger charge is 2.36. The van der Waals surface area contributed by atoms with Gasteiger partial charge in [0, 0.05) is 18.1 Å². The summed E-state index contributed by atoms with van der Waals surface area (Å²) in [6.45, 7) is 1.10. The summed E-state index contributed by atoms with van der Waals surface area (Å²) in [6, 6.07) is 9.05. The van der Waals surface area contributed by atoms with Crippen molar-refractivity contribution in [2.45, 2.75) is 18.8 Å². The van der Waals surface area contributed by atoms with Crippen molar-refractivity contribution in [1.82, 2.24) is 10.3 Å². The van der Waals surface area contributed by atoms with Crippen LogP contribution in [0.5, 0.6) is 0 Å². The van der Waals surface area contributed by atoms with Gasteiger partial charge in [0.25, 0.3) is 0 Å². The Labute approximate surface area is 149 Å². The Morgan fingerprint density at radius 1 is 1.12 bits per heavy atom. The topological polar surface area (TPSA) is 37.7 Å². The number of rotatable bonds is 2. The third kappa shape index (κ3) is 2.85. The van der Waals surface area contributed by atoms with Crippen molar-refractivity contribution in [3.8, 4) is 0 Å². The van der Waals surface area contributed by atoms with Crippen LogP contribution in [-0.2, 0) is 0 Å². The number of anilines is 1. The number of carbonyl (C=O) groups excluding carboxylic acids is 1. The van der Waals surface area contributed by atoms with E-state index in [0.29, 0.717) is 47.9 Å². The van der Waals surface area contributed by atoms with Gasteiger partial charge < -0.3 is 0 Å². The first-order valence-corrected chi connectivity index (χ1v) is 8.46. The highest BCUT2D eigenvalue weighted by Crippen LogP contribution is 2.38. The van der Waals surface area contributed by atoms with E-state index in [1.165, 1.54) is 11.1 Å². The summed E-state index contributed by atoms with van der Waals surface area (Å²) in [4.78, 5) is 12.3. The van der Waals surface area contributed by atoms with E-state index >= 15 is 0 Å². The lowest BCUT2D eigenvalue weighted by molar-refractivity contribution is 0.187. The number of hydrazine groups is 1. The fraction of sp³-hybridized carbons (Fsp3) is 0.278. The van der Waals surface area contributed by atoms with E-state index in [4.69, 9.17) is 11.6 Å². The first kappa shape index (κ1) is 16.3. The van der Waals surface area contributed by atoms with Gasteiger partial charge in [-0.3, -0.25) is 0 Å². The zero-order chi connectivity index (χ0) is 17.6. The van der Waals surface area contributed by atoms with Gasteiger partial charge in [-0.25, -0.2) is 23.6 Å². The third-order valence-electron chi connectivity index (χ3n) is 4.74. The van der Waals surface area contributed by atoms with Gasteiger partial charge in [-0.05, 0) is 48.6 Å². The van der Waals surface area contributed by atoms with Crippen LogP contribution in [0.2, 0.25) is 5.02 Å². The van der Waals surface area contributed by atoms with Crippen molar-refractivity contribution in [1.29, 1.82) is 0 Å². The van der Waals surface area contributed by atoms with Gasteiger partial charge in [-0.15, -0.1) is 0 Å². The molecule has 0 spiro atoms. The van der Waals surface area contributed by atoms with Crippen LogP contribution in [0.3, 0.4) is 0 Å². The molecule has 25 heavy (non-hydrogen) atoms. The van der Waals surface area contributed by atoms with Gasteiger partial charge in [-0.1, -0.05) is 23.7 Å². The minimum atomic E-state index is -0.822. The van der Waals surface area contributed by atoms with E-state index in [1.54, 1.807) is 24.3 Å². The zero-order valence-corrected chi connectivity index (χ0v) is 14.0. The summed E-state index contributed by atoms with van der Waals surface area (Å²) in [5.41, 5.74) is 1.65. The van der Waals surface area contributed by atoms with Crippen molar-refractivity contribution >= 4 is 29.0 Å². The second kappa shape index (κ2) is 6.28. The maximum absolute atomic E-state index is 14.0. The molecule has 2 aromatic rings. The maximum Gasteiger partial charge on any atom is 0.363 e. The standard InChI is InChI=1S/C18H15ClF2N3O/c19-12-4-5-15-16(10-12)24(18(25)22-15)23-8-6-11(7-9-23)13-2-1-3-14(20)17(13)21/h1-5,10-11H,6-9H2. The maximum atomic E-state index is 14.0. The van der Waals surface area contributed by atoms with Crippen molar-refractivity contribution < 1.29 is 13.6 Å². The molecule has 1 saturated heterocycles. The molecule has 0 unspecified atom stereocenters. The molecule has 1 radical (unpaired) electrons. The van der Waals surface area contributed by atoms with E-state index in [9.17, 15) is 13.6 Å². The largest absolute Gasteiger partial charge is 0.363 e. The average Bonchev–Trinajstić information content (AvgIpc) is 2.93. The average molecular weight is 363 g/mol. The lowest BCUT2D eigenvalue weighted by Gasteiger charge is -2.37. The summed E-state index contributed by atoms with van der Waals surface area (Å²) in [6.07, 6.45) is 1.25. The lowest BCUT2D eigenvalue weighted by Crippen LogP contribution is -2.49. The van der Waals surface area contributed by atoms with Crippen LogP contribution >= 0.6 is 11.6 Å². The normalized spacial score (nSPS) is 18.4. The second-order valence-corrected chi connectivity index (χ2v) is 6.65. The van der Waals surface area contributed by atoms with E-state index in [1.807, 2.05) is 5.01 Å². The number of benzene rings is 2. The van der Waals surface area contributed by atoms with Crippen molar-refractivity contribution in [3.63, 3.8) is 0 Å². The number of nitrogens with zero attached hydrogens (tertiary/aromatic N) is 3. The first-order valence-electron chi connectivity index (χ1n) is 8.09. The molecule has 1 fully saturated rings. The molecule has 2 aliphatic rings. The van der Waals surface area contributed by atoms with Gasteiger partial charge in [0.1, 0.15) is 0 Å². The minimum Gasteiger partial charge on any atom is -0.244 e. The predicted molar refractivity (Wildman–Crippen MR) is 91.0 cm³/mol. The summed E-state index contributed by atoms with van der Waals surface area (Å²) >= 11 is 6.04. The smallest absolute Gasteiger partial charge is 0.244 e. The Bertz CT molecular complexity index is 837. The van der Waals surface area contributed by atoms with Gasteiger partial charge in [0.05, 0.1) is 11.4 Å². The fourth-order valence-electron chi connectivity index (χ4n) is 3.50. The van der Waals surface area contributed by atoms with Crippen LogP contribution in [-0.4, -0.2) is 24.1 Å². The summed E-state index contributed by atoms with van der Waals surface area (Å²) in [5.74, 6) is -1.66. The molecule has 4 rings (SSSR count). The number of halogens is 3. The van der Waals surface area contributed by atoms with E-state index in [0.717, 1.165) is 6.07 Å². The number of amides is 2. The van der Waals surface area contributed by atoms with Crippen LogP contribution in [0, 0.1) is 11.6 Å². The van der Waals surface area contributed by atoms with E-state index in [2.05, 4.69) is 5.32 Å². The number of carbonyl (C=O) groups is 1. The molecule has 0 aromatic heterocycles. The fourth-order valence-corrected chi connectivity index (χ4v) is 3.67. The monoisotopic (exact) mass is 362 g/mol. The Morgan fingerprint density at radius 3 is 2.64 bits per heavy atom. The van der Waals surface area contributed by atoms with E-state index in [-0.39, 0.29) is 11.9 Å². The molecule has 0 N–H and O–H groups in total. The molecule has 2 aromatic carbocycles. The van der Waals surface area contributed by atoms with Crippen LogP contribution in [0.1, 0.15) is 24.3 Å². The van der Waals surface area contributed by atoms with Crippen LogP contribution in [0.25, 0.3) is 0 Å². The Balaban J connectivity index is 1.52. The molecule has 2 amide bonds. The van der Waals surface area contributed by atoms with Crippen molar-refractivity contribution in [2.75, 3.05) is 18.1 Å². The van der Waals surface area contributed by atoms with Gasteiger partial charge in [0.2, 0.25) is 0 Å². The van der Waals surface area contributed by atoms with Crippen molar-refractivity contribution in [2.24, 2.45) is 0 Å². The van der Waals surface area contributed by atoms with Gasteiger partial charge in [0.15, 0.2) is 11.6 Å². The summed E-state index contributed by atoms with van der Waals surface area (Å²) < 4.78 is 27.5. The number of hydrogen-bond acceptors (Lipinski definition) is 2. The molecule has 4 nitrogen and oxygen atoms in total. The Hall–Kier alpha value is -2.18. The first-order chi connectivity index (χ1) is 12.0. The van der Waals surface area contributed by atoms with Crippen LogP contribution in [0.15, 0.2) is 36.4 Å². The third-order valence-corrected chi connectivity index (χ3v) is 4.97. The molecule has 129 valence electrons. The predicted octanol–water partition coefficient (Wildman–Crippen LogP) is 4.59. The van der Waals surface area contributed by atoms with Crippen LogP contribution < -0.4 is 10.3 Å². The highest BCUT2D eigenvalue weighted by atomic mass is 35.5. The molecular formula is C18H15ClF2N3O. The molecule has 7 heteroatoms. The molecule has 0 saturated carbocycles. The zero-order valence-electron chi connectivity index (χ0n) is 13.3. The van der Waals surface area contributed by atoms with Gasteiger partial charge >= 0.3 is 6.03 Å². The number of piperidine rings is 1. The Morgan fingerprint density at radius 2 is 1.88 bits per heavy atom. The quantitative estimate of drug-likeness (QED) is 0.783. The number of hydrogen-bond donors (Lipinski definition) is 0. The molecular weight excluding hydrogens is 348 g/mol. The lowest BCUT2D eigenvalue weighted by atomic mass is 9.89. The minimum absolute atomic E-state index is 0.0691. The van der Waals surface area contributed by atoms with Crippen LogP contribution in [0.4, 0.5) is 25.0 Å². The summed E-state index contributed by atoms with van der Waals surface area (Å²) in [5, 5.41) is 7.98. The molecule has 2 heterocycles. The number of urea groups is 1. The van der Waals surface area contributed by atoms with Gasteiger partial charge in [-0.2, -0.15) is 5.32 Å². The van der Waals surface area contributed by atoms with Crippen molar-refractivity contribution in [3.05, 3.63) is 58.6 Å². The number of fused-ring (bicyclic) bond motifs is 1.